The molecule has 0 radical (unpaired) electrons. The van der Waals surface area contributed by atoms with Crippen molar-refractivity contribution in [3.05, 3.63) is 87.4 Å². The topological polar surface area (TPSA) is 52.7 Å². The third kappa shape index (κ3) is 7.92. The standard InChI is InChI=1S/C28H34FN3O2S/c1-5-20(2)16-32(28(34)30-26-9-7-6-8-21(26)3)19-27(33)31(18-25-15-10-22(4)35-25)17-23-11-13-24(29)14-12-23/h6-15,20H,5,16-19H2,1-4H3,(H,30,34). The molecule has 35 heavy (non-hydrogen) atoms. The summed E-state index contributed by atoms with van der Waals surface area (Å²) in [5.74, 6) is -0.215. The van der Waals surface area contributed by atoms with Crippen LogP contribution in [0.2, 0.25) is 0 Å². The Bertz CT molecular complexity index is 1130. The Labute approximate surface area is 211 Å². The van der Waals surface area contributed by atoms with E-state index in [9.17, 15) is 14.0 Å². The second-order valence-corrected chi connectivity index (χ2v) is 10.4. The van der Waals surface area contributed by atoms with Crippen molar-refractivity contribution in [2.45, 2.75) is 47.2 Å². The number of rotatable bonds is 10. The van der Waals surface area contributed by atoms with Crippen LogP contribution < -0.4 is 5.32 Å². The summed E-state index contributed by atoms with van der Waals surface area (Å²) in [7, 11) is 0. The summed E-state index contributed by atoms with van der Waals surface area (Å²) in [6.07, 6.45) is 0.899. The van der Waals surface area contributed by atoms with E-state index in [0.717, 1.165) is 28.1 Å². The number of para-hydroxylation sites is 1. The number of halogens is 1. The lowest BCUT2D eigenvalue weighted by molar-refractivity contribution is -0.133. The van der Waals surface area contributed by atoms with Gasteiger partial charge in [-0.15, -0.1) is 11.3 Å². The number of carbonyl (C=O) groups is 2. The van der Waals surface area contributed by atoms with Crippen LogP contribution in [-0.4, -0.2) is 34.8 Å². The maximum atomic E-state index is 13.6. The molecule has 0 aliphatic carbocycles. The van der Waals surface area contributed by atoms with Crippen molar-refractivity contribution in [1.29, 1.82) is 0 Å². The first-order valence-corrected chi connectivity index (χ1v) is 12.8. The van der Waals surface area contributed by atoms with Gasteiger partial charge in [0.05, 0.1) is 6.54 Å². The molecular weight excluding hydrogens is 461 g/mol. The molecule has 186 valence electrons. The first kappa shape index (κ1) is 26.4. The third-order valence-corrected chi connectivity index (χ3v) is 7.00. The van der Waals surface area contributed by atoms with Crippen molar-refractivity contribution in [3.63, 3.8) is 0 Å². The fraction of sp³-hybridized carbons (Fsp3) is 0.357. The van der Waals surface area contributed by atoms with Crippen LogP contribution in [0.15, 0.2) is 60.7 Å². The van der Waals surface area contributed by atoms with E-state index >= 15 is 0 Å². The molecule has 2 aromatic carbocycles. The molecular formula is C28H34FN3O2S. The van der Waals surface area contributed by atoms with Crippen molar-refractivity contribution in [2.75, 3.05) is 18.4 Å². The summed E-state index contributed by atoms with van der Waals surface area (Å²) < 4.78 is 13.4. The molecule has 1 heterocycles. The highest BCUT2D eigenvalue weighted by molar-refractivity contribution is 7.11. The van der Waals surface area contributed by atoms with Gasteiger partial charge in [0.1, 0.15) is 12.4 Å². The molecule has 1 aromatic heterocycles. The molecule has 1 unspecified atom stereocenters. The Balaban J connectivity index is 1.80. The zero-order valence-electron chi connectivity index (χ0n) is 20.9. The van der Waals surface area contributed by atoms with E-state index in [-0.39, 0.29) is 30.2 Å². The van der Waals surface area contributed by atoms with Gasteiger partial charge in [0, 0.05) is 28.5 Å². The molecule has 0 fully saturated rings. The Morgan fingerprint density at radius 1 is 0.971 bits per heavy atom. The number of hydrogen-bond acceptors (Lipinski definition) is 3. The Hall–Kier alpha value is -3.19. The number of amides is 3. The van der Waals surface area contributed by atoms with Gasteiger partial charge in [-0.25, -0.2) is 9.18 Å². The maximum Gasteiger partial charge on any atom is 0.322 e. The minimum absolute atomic E-state index is 0.0341. The van der Waals surface area contributed by atoms with Crippen LogP contribution in [0.1, 0.15) is 41.1 Å². The van der Waals surface area contributed by atoms with Crippen LogP contribution in [0, 0.1) is 25.6 Å². The van der Waals surface area contributed by atoms with Gasteiger partial charge >= 0.3 is 6.03 Å². The summed E-state index contributed by atoms with van der Waals surface area (Å²) in [5.41, 5.74) is 2.53. The predicted octanol–water partition coefficient (Wildman–Crippen LogP) is 6.61. The average Bonchev–Trinajstić information content (AvgIpc) is 3.25. The molecule has 0 saturated carbocycles. The van der Waals surface area contributed by atoms with Crippen molar-refractivity contribution < 1.29 is 14.0 Å². The van der Waals surface area contributed by atoms with Crippen LogP contribution >= 0.6 is 11.3 Å². The predicted molar refractivity (Wildman–Crippen MR) is 141 cm³/mol. The molecule has 3 rings (SSSR count). The number of aryl methyl sites for hydroxylation is 2. The molecule has 7 heteroatoms. The number of urea groups is 1. The van der Waals surface area contributed by atoms with Gasteiger partial charge < -0.3 is 15.1 Å². The second-order valence-electron chi connectivity index (χ2n) is 9.03. The van der Waals surface area contributed by atoms with Crippen LogP contribution in [0.5, 0.6) is 0 Å². The zero-order valence-corrected chi connectivity index (χ0v) is 21.7. The van der Waals surface area contributed by atoms with Gasteiger partial charge in [-0.3, -0.25) is 4.79 Å². The summed E-state index contributed by atoms with van der Waals surface area (Å²) in [5, 5.41) is 2.97. The molecule has 0 aliphatic heterocycles. The Morgan fingerprint density at radius 2 is 1.69 bits per heavy atom. The van der Waals surface area contributed by atoms with Gasteiger partial charge in [-0.1, -0.05) is 50.6 Å². The lowest BCUT2D eigenvalue weighted by atomic mass is 10.1. The largest absolute Gasteiger partial charge is 0.332 e. The van der Waals surface area contributed by atoms with Crippen LogP contribution in [0.4, 0.5) is 14.9 Å². The molecule has 0 spiro atoms. The zero-order chi connectivity index (χ0) is 25.4. The molecule has 0 aliphatic rings. The second kappa shape index (κ2) is 12.5. The molecule has 3 amide bonds. The van der Waals surface area contributed by atoms with Gasteiger partial charge in [-0.05, 0) is 61.2 Å². The number of benzene rings is 2. The maximum absolute atomic E-state index is 13.6. The first-order chi connectivity index (χ1) is 16.7. The van der Waals surface area contributed by atoms with Crippen LogP contribution in [-0.2, 0) is 17.9 Å². The smallest absolute Gasteiger partial charge is 0.322 e. The van der Waals surface area contributed by atoms with Gasteiger partial charge in [0.25, 0.3) is 0 Å². The molecule has 1 atom stereocenters. The van der Waals surface area contributed by atoms with E-state index in [1.165, 1.54) is 17.0 Å². The van der Waals surface area contributed by atoms with Gasteiger partial charge in [-0.2, -0.15) is 0 Å². The summed E-state index contributed by atoms with van der Waals surface area (Å²) >= 11 is 1.64. The van der Waals surface area contributed by atoms with Crippen molar-refractivity contribution in [3.8, 4) is 0 Å². The normalized spacial score (nSPS) is 11.7. The number of anilines is 1. The molecule has 0 bridgehead atoms. The van der Waals surface area contributed by atoms with E-state index in [0.29, 0.717) is 19.6 Å². The number of nitrogens with one attached hydrogen (secondary N) is 1. The summed E-state index contributed by atoms with van der Waals surface area (Å²) in [4.78, 5) is 32.4. The Kier molecular flexibility index (Phi) is 9.43. The van der Waals surface area contributed by atoms with Crippen molar-refractivity contribution in [2.24, 2.45) is 5.92 Å². The fourth-order valence-electron chi connectivity index (χ4n) is 3.70. The van der Waals surface area contributed by atoms with E-state index in [1.54, 1.807) is 33.3 Å². The molecule has 5 nitrogen and oxygen atoms in total. The number of hydrogen-bond donors (Lipinski definition) is 1. The van der Waals surface area contributed by atoms with Gasteiger partial charge in [0.15, 0.2) is 0 Å². The van der Waals surface area contributed by atoms with Crippen LogP contribution in [0.25, 0.3) is 0 Å². The highest BCUT2D eigenvalue weighted by atomic mass is 32.1. The SMILES string of the molecule is CCC(C)CN(CC(=O)N(Cc1ccc(F)cc1)Cc1ccc(C)s1)C(=O)Nc1ccccc1C. The molecule has 1 N–H and O–H groups in total. The molecule has 3 aromatic rings. The average molecular weight is 496 g/mol. The lowest BCUT2D eigenvalue weighted by Crippen LogP contribution is -2.45. The fourth-order valence-corrected chi connectivity index (χ4v) is 4.60. The summed E-state index contributed by atoms with van der Waals surface area (Å²) in [6, 6.07) is 17.5. The highest BCUT2D eigenvalue weighted by Gasteiger charge is 2.24. The number of thiophene rings is 1. The van der Waals surface area contributed by atoms with Crippen molar-refractivity contribution in [1.82, 2.24) is 9.80 Å². The Morgan fingerprint density at radius 3 is 2.31 bits per heavy atom. The lowest BCUT2D eigenvalue weighted by Gasteiger charge is -2.29. The number of carbonyl (C=O) groups excluding carboxylic acids is 2. The quantitative estimate of drug-likeness (QED) is 0.344. The first-order valence-electron chi connectivity index (χ1n) is 11.9. The third-order valence-electron chi connectivity index (χ3n) is 6.01. The minimum Gasteiger partial charge on any atom is -0.332 e. The van der Waals surface area contributed by atoms with Crippen molar-refractivity contribution >= 4 is 29.0 Å². The number of nitrogens with zero attached hydrogens (tertiary/aromatic N) is 2. The van der Waals surface area contributed by atoms with E-state index in [2.05, 4.69) is 19.2 Å². The minimum atomic E-state index is -0.312. The van der Waals surface area contributed by atoms with Crippen LogP contribution in [0.3, 0.4) is 0 Å². The van der Waals surface area contributed by atoms with Gasteiger partial charge in [0.2, 0.25) is 5.91 Å². The highest BCUT2D eigenvalue weighted by Crippen LogP contribution is 2.20. The summed E-state index contributed by atoms with van der Waals surface area (Å²) in [6.45, 7) is 9.33. The molecule has 0 saturated heterocycles. The van der Waals surface area contributed by atoms with E-state index in [1.807, 2.05) is 50.2 Å². The van der Waals surface area contributed by atoms with E-state index < -0.39 is 0 Å². The van der Waals surface area contributed by atoms with E-state index in [4.69, 9.17) is 0 Å². The monoisotopic (exact) mass is 495 g/mol.